The maximum Gasteiger partial charge on any atom is 0.336 e. The third-order valence-corrected chi connectivity index (χ3v) is 3.21. The molecule has 102 valence electrons. The molecule has 3 rings (SSSR count). The van der Waals surface area contributed by atoms with Crippen LogP contribution in [0.25, 0.3) is 22.1 Å². The lowest BCUT2D eigenvalue weighted by atomic mass is 10.00. The molecule has 2 heterocycles. The van der Waals surface area contributed by atoms with E-state index >= 15 is 0 Å². The SMILES string of the molecule is Cc1cc(-c2ccc3oc(=O)ccc3c2)c(C#N)c(=O)[nH]1. The van der Waals surface area contributed by atoms with Gasteiger partial charge in [0.2, 0.25) is 0 Å². The summed E-state index contributed by atoms with van der Waals surface area (Å²) < 4.78 is 5.07. The van der Waals surface area contributed by atoms with Gasteiger partial charge < -0.3 is 9.40 Å². The highest BCUT2D eigenvalue weighted by Gasteiger charge is 2.11. The van der Waals surface area contributed by atoms with Crippen molar-refractivity contribution in [1.82, 2.24) is 4.98 Å². The number of benzene rings is 1. The van der Waals surface area contributed by atoms with Crippen LogP contribution in [-0.2, 0) is 0 Å². The minimum atomic E-state index is -0.417. The number of nitrogens with zero attached hydrogens (tertiary/aromatic N) is 1. The van der Waals surface area contributed by atoms with E-state index in [4.69, 9.17) is 4.42 Å². The average Bonchev–Trinajstić information content (AvgIpc) is 2.46. The van der Waals surface area contributed by atoms with Crippen molar-refractivity contribution in [2.45, 2.75) is 6.92 Å². The highest BCUT2D eigenvalue weighted by atomic mass is 16.4. The van der Waals surface area contributed by atoms with Crippen LogP contribution in [0.2, 0.25) is 0 Å². The van der Waals surface area contributed by atoms with Gasteiger partial charge in [-0.2, -0.15) is 5.26 Å². The molecule has 5 nitrogen and oxygen atoms in total. The first-order valence-electron chi connectivity index (χ1n) is 6.27. The number of hydrogen-bond acceptors (Lipinski definition) is 4. The van der Waals surface area contributed by atoms with Gasteiger partial charge in [-0.3, -0.25) is 4.79 Å². The number of pyridine rings is 1. The van der Waals surface area contributed by atoms with Gasteiger partial charge in [-0.15, -0.1) is 0 Å². The summed E-state index contributed by atoms with van der Waals surface area (Å²) in [6.45, 7) is 1.76. The highest BCUT2D eigenvalue weighted by Crippen LogP contribution is 2.25. The van der Waals surface area contributed by atoms with Crippen LogP contribution in [0.3, 0.4) is 0 Å². The van der Waals surface area contributed by atoms with Gasteiger partial charge in [-0.05, 0) is 36.8 Å². The molecule has 1 N–H and O–H groups in total. The number of H-pyrrole nitrogens is 1. The van der Waals surface area contributed by atoms with Gasteiger partial charge in [-0.1, -0.05) is 6.07 Å². The summed E-state index contributed by atoms with van der Waals surface area (Å²) in [4.78, 5) is 25.6. The molecule has 0 saturated carbocycles. The zero-order valence-corrected chi connectivity index (χ0v) is 11.1. The lowest BCUT2D eigenvalue weighted by Crippen LogP contribution is -2.12. The van der Waals surface area contributed by atoms with E-state index in [1.165, 1.54) is 6.07 Å². The Labute approximate surface area is 119 Å². The Morgan fingerprint density at radius 3 is 2.71 bits per heavy atom. The van der Waals surface area contributed by atoms with E-state index in [-0.39, 0.29) is 5.56 Å². The van der Waals surface area contributed by atoms with Crippen LogP contribution in [0.4, 0.5) is 0 Å². The Morgan fingerprint density at radius 1 is 1.14 bits per heavy atom. The first-order chi connectivity index (χ1) is 10.1. The van der Waals surface area contributed by atoms with E-state index in [1.807, 2.05) is 6.07 Å². The Kier molecular flexibility index (Phi) is 2.92. The highest BCUT2D eigenvalue weighted by molar-refractivity contribution is 5.84. The number of fused-ring (bicyclic) bond motifs is 1. The molecule has 0 saturated heterocycles. The standard InChI is InChI=1S/C16H10N2O3/c1-9-6-12(13(8-17)16(20)18-9)10-2-4-14-11(7-10)3-5-15(19)21-14/h2-7H,1H3,(H,18,20). The van der Waals surface area contributed by atoms with Gasteiger partial charge >= 0.3 is 5.63 Å². The Morgan fingerprint density at radius 2 is 1.95 bits per heavy atom. The number of hydrogen-bond donors (Lipinski definition) is 1. The topological polar surface area (TPSA) is 86.9 Å². The molecule has 0 aliphatic carbocycles. The smallest absolute Gasteiger partial charge is 0.336 e. The monoisotopic (exact) mass is 278 g/mol. The molecule has 0 aliphatic rings. The first kappa shape index (κ1) is 12.9. The van der Waals surface area contributed by atoms with Gasteiger partial charge in [0, 0.05) is 22.7 Å². The molecule has 0 aliphatic heterocycles. The Hall–Kier alpha value is -3.13. The Balaban J connectivity index is 2.31. The second-order valence-corrected chi connectivity index (χ2v) is 4.69. The molecule has 0 unspecified atom stereocenters. The van der Waals surface area contributed by atoms with Crippen molar-refractivity contribution in [3.05, 3.63) is 68.4 Å². The maximum atomic E-state index is 11.8. The van der Waals surface area contributed by atoms with Crippen molar-refractivity contribution in [2.75, 3.05) is 0 Å². The van der Waals surface area contributed by atoms with Gasteiger partial charge in [-0.25, -0.2) is 4.79 Å². The van der Waals surface area contributed by atoms with Crippen LogP contribution in [0.1, 0.15) is 11.3 Å². The van der Waals surface area contributed by atoms with Crippen LogP contribution >= 0.6 is 0 Å². The van der Waals surface area contributed by atoms with Crippen LogP contribution < -0.4 is 11.2 Å². The van der Waals surface area contributed by atoms with Crippen molar-refractivity contribution in [2.24, 2.45) is 0 Å². The predicted octanol–water partition coefficient (Wildman–Crippen LogP) is 2.33. The first-order valence-corrected chi connectivity index (χ1v) is 6.27. The van der Waals surface area contributed by atoms with Crippen molar-refractivity contribution in [3.63, 3.8) is 0 Å². The second kappa shape index (κ2) is 4.76. The van der Waals surface area contributed by atoms with Crippen LogP contribution in [0.15, 0.2) is 50.4 Å². The van der Waals surface area contributed by atoms with Gasteiger partial charge in [0.1, 0.15) is 17.2 Å². The summed E-state index contributed by atoms with van der Waals surface area (Å²) >= 11 is 0. The number of aromatic nitrogens is 1. The summed E-state index contributed by atoms with van der Waals surface area (Å²) in [7, 11) is 0. The summed E-state index contributed by atoms with van der Waals surface area (Å²) in [6, 6.07) is 11.8. The van der Waals surface area contributed by atoms with E-state index < -0.39 is 11.2 Å². The lowest BCUT2D eigenvalue weighted by molar-refractivity contribution is 0.561. The van der Waals surface area contributed by atoms with Crippen molar-refractivity contribution < 1.29 is 4.42 Å². The quantitative estimate of drug-likeness (QED) is 0.692. The predicted molar refractivity (Wildman–Crippen MR) is 78.0 cm³/mol. The summed E-state index contributed by atoms with van der Waals surface area (Å²) in [5, 5.41) is 9.90. The fourth-order valence-corrected chi connectivity index (χ4v) is 2.27. The minimum Gasteiger partial charge on any atom is -0.423 e. The Bertz CT molecular complexity index is 1010. The fourth-order valence-electron chi connectivity index (χ4n) is 2.27. The van der Waals surface area contributed by atoms with Crippen LogP contribution in [0, 0.1) is 18.3 Å². The van der Waals surface area contributed by atoms with Crippen molar-refractivity contribution in [3.8, 4) is 17.2 Å². The van der Waals surface area contributed by atoms with Crippen LogP contribution in [0.5, 0.6) is 0 Å². The molecule has 0 spiro atoms. The number of aromatic amines is 1. The molecular weight excluding hydrogens is 268 g/mol. The molecule has 21 heavy (non-hydrogen) atoms. The zero-order chi connectivity index (χ0) is 15.0. The molecule has 0 bridgehead atoms. The third kappa shape index (κ3) is 2.23. The summed E-state index contributed by atoms with van der Waals surface area (Å²) in [5.41, 5.74) is 1.67. The van der Waals surface area contributed by atoms with Crippen LogP contribution in [-0.4, -0.2) is 4.98 Å². The van der Waals surface area contributed by atoms with E-state index in [9.17, 15) is 14.9 Å². The summed E-state index contributed by atoms with van der Waals surface area (Å²) in [5.74, 6) is 0. The molecule has 5 heteroatoms. The maximum absolute atomic E-state index is 11.8. The minimum absolute atomic E-state index is 0.0670. The van der Waals surface area contributed by atoms with E-state index in [1.54, 1.807) is 37.3 Å². The normalized spacial score (nSPS) is 10.5. The molecule has 0 fully saturated rings. The van der Waals surface area contributed by atoms with Gasteiger partial charge in [0.25, 0.3) is 5.56 Å². The van der Waals surface area contributed by atoms with E-state index in [0.29, 0.717) is 16.8 Å². The van der Waals surface area contributed by atoms with Crippen molar-refractivity contribution in [1.29, 1.82) is 5.26 Å². The summed E-state index contributed by atoms with van der Waals surface area (Å²) in [6.07, 6.45) is 0. The number of rotatable bonds is 1. The zero-order valence-electron chi connectivity index (χ0n) is 11.1. The number of nitrogens with one attached hydrogen (secondary N) is 1. The van der Waals surface area contributed by atoms with E-state index in [2.05, 4.69) is 4.98 Å². The average molecular weight is 278 g/mol. The fraction of sp³-hybridized carbons (Fsp3) is 0.0625. The molecular formula is C16H10N2O3. The van der Waals surface area contributed by atoms with Crippen molar-refractivity contribution >= 4 is 11.0 Å². The van der Waals surface area contributed by atoms with E-state index in [0.717, 1.165) is 10.9 Å². The number of nitriles is 1. The molecule has 3 aromatic rings. The number of aryl methyl sites for hydroxylation is 1. The molecule has 0 atom stereocenters. The second-order valence-electron chi connectivity index (χ2n) is 4.69. The molecule has 1 aromatic carbocycles. The largest absolute Gasteiger partial charge is 0.423 e. The third-order valence-electron chi connectivity index (χ3n) is 3.21. The molecule has 2 aromatic heterocycles. The molecule has 0 amide bonds. The molecule has 0 radical (unpaired) electrons. The van der Waals surface area contributed by atoms with Gasteiger partial charge in [0.05, 0.1) is 0 Å². The van der Waals surface area contributed by atoms with Gasteiger partial charge in [0.15, 0.2) is 0 Å². The lowest BCUT2D eigenvalue weighted by Gasteiger charge is -2.06.